The number of aromatic nitrogens is 1. The zero-order valence-corrected chi connectivity index (χ0v) is 10.6. The van der Waals surface area contributed by atoms with Crippen LogP contribution in [0.1, 0.15) is 5.56 Å². The van der Waals surface area contributed by atoms with Crippen molar-refractivity contribution < 1.29 is 18.3 Å². The van der Waals surface area contributed by atoms with Gasteiger partial charge in [-0.1, -0.05) is 17.7 Å². The molecule has 0 fully saturated rings. The lowest BCUT2D eigenvalue weighted by molar-refractivity contribution is -0.135. The fourth-order valence-electron chi connectivity index (χ4n) is 1.72. The van der Waals surface area contributed by atoms with Crippen LogP contribution in [-0.4, -0.2) is 35.4 Å². The minimum absolute atomic E-state index is 0.0204. The van der Waals surface area contributed by atoms with E-state index in [4.69, 9.17) is 16.3 Å². The average Bonchev–Trinajstić information content (AvgIpc) is 2.77. The summed E-state index contributed by atoms with van der Waals surface area (Å²) < 4.78 is 29.9. The maximum atomic E-state index is 12.6. The molecular weight excluding hydrogens is 278 g/mol. The Labute approximate surface area is 113 Å². The van der Waals surface area contributed by atoms with Crippen molar-refractivity contribution in [3.05, 3.63) is 40.8 Å². The summed E-state index contributed by atoms with van der Waals surface area (Å²) in [5.41, 5.74) is 1.17. The molecule has 0 atom stereocenters. The highest BCUT2D eigenvalue weighted by Crippen LogP contribution is 2.17. The van der Waals surface area contributed by atoms with Crippen molar-refractivity contribution in [2.75, 3.05) is 13.2 Å². The summed E-state index contributed by atoms with van der Waals surface area (Å²) in [6.45, 7) is -0.228. The van der Waals surface area contributed by atoms with E-state index < -0.39 is 18.9 Å². The molecule has 0 radical (unpaired) electrons. The van der Waals surface area contributed by atoms with E-state index in [9.17, 15) is 13.6 Å². The second-order valence-electron chi connectivity index (χ2n) is 4.00. The summed E-state index contributed by atoms with van der Waals surface area (Å²) in [5, 5.41) is 0.336. The van der Waals surface area contributed by atoms with Crippen molar-refractivity contribution >= 4 is 17.6 Å². The number of hydrogen-bond donors (Lipinski definition) is 0. The Hall–Kier alpha value is -1.69. The van der Waals surface area contributed by atoms with E-state index in [1.54, 1.807) is 12.1 Å². The predicted molar refractivity (Wildman–Crippen MR) is 64.7 cm³/mol. The van der Waals surface area contributed by atoms with E-state index >= 15 is 0 Å². The maximum Gasteiger partial charge on any atom is 0.333 e. The normalized spacial score (nSPS) is 14.5. The van der Waals surface area contributed by atoms with Gasteiger partial charge < -0.3 is 9.64 Å². The van der Waals surface area contributed by atoms with Gasteiger partial charge in [0.25, 0.3) is 6.43 Å². The number of cyclic esters (lactones) is 1. The largest absolute Gasteiger partial charge is 0.456 e. The van der Waals surface area contributed by atoms with Crippen molar-refractivity contribution in [1.82, 2.24) is 9.88 Å². The molecule has 1 aromatic rings. The fourth-order valence-corrected chi connectivity index (χ4v) is 1.83. The Morgan fingerprint density at radius 1 is 1.47 bits per heavy atom. The number of carbonyl (C=O) groups excluding carboxylic acids is 1. The lowest BCUT2D eigenvalue weighted by Crippen LogP contribution is -2.28. The minimum Gasteiger partial charge on any atom is -0.456 e. The van der Waals surface area contributed by atoms with Crippen LogP contribution in [-0.2, 0) is 16.1 Å². The molecule has 0 aromatic carbocycles. The molecule has 0 unspecified atom stereocenters. The van der Waals surface area contributed by atoms with Crippen molar-refractivity contribution in [1.29, 1.82) is 0 Å². The van der Waals surface area contributed by atoms with Crippen LogP contribution in [0.25, 0.3) is 0 Å². The van der Waals surface area contributed by atoms with Gasteiger partial charge in [-0.15, -0.1) is 0 Å². The molecule has 1 aliphatic heterocycles. The van der Waals surface area contributed by atoms with Crippen LogP contribution >= 0.6 is 11.6 Å². The van der Waals surface area contributed by atoms with Gasteiger partial charge in [-0.3, -0.25) is 0 Å². The molecule has 1 aliphatic rings. The summed E-state index contributed by atoms with van der Waals surface area (Å²) in [6, 6.07) is 3.29. The van der Waals surface area contributed by atoms with E-state index in [-0.39, 0.29) is 13.2 Å². The van der Waals surface area contributed by atoms with E-state index in [0.717, 1.165) is 5.56 Å². The molecule has 0 saturated heterocycles. The monoisotopic (exact) mass is 288 g/mol. The Morgan fingerprint density at radius 3 is 2.79 bits per heavy atom. The van der Waals surface area contributed by atoms with Gasteiger partial charge in [0.1, 0.15) is 11.8 Å². The molecule has 2 rings (SSSR count). The molecule has 19 heavy (non-hydrogen) atoms. The predicted octanol–water partition coefficient (Wildman–Crippen LogP) is 2.24. The van der Waals surface area contributed by atoms with Crippen LogP contribution in [0.15, 0.2) is 30.1 Å². The number of nitrogens with zero attached hydrogens (tertiary/aromatic N) is 2. The van der Waals surface area contributed by atoms with Crippen molar-refractivity contribution in [2.45, 2.75) is 13.0 Å². The van der Waals surface area contributed by atoms with Gasteiger partial charge in [-0.2, -0.15) is 0 Å². The molecule has 0 bridgehead atoms. The number of rotatable bonds is 5. The Morgan fingerprint density at radius 2 is 2.26 bits per heavy atom. The van der Waals surface area contributed by atoms with Gasteiger partial charge in [0.15, 0.2) is 0 Å². The first-order valence-electron chi connectivity index (χ1n) is 5.55. The molecule has 0 aliphatic carbocycles. The molecule has 2 heterocycles. The molecule has 0 spiro atoms. The number of alkyl halides is 2. The van der Waals surface area contributed by atoms with E-state index in [2.05, 4.69) is 4.98 Å². The van der Waals surface area contributed by atoms with Gasteiger partial charge in [-0.05, 0) is 11.6 Å². The van der Waals surface area contributed by atoms with Crippen molar-refractivity contribution in [3.63, 3.8) is 0 Å². The highest BCUT2D eigenvalue weighted by atomic mass is 35.5. The number of ether oxygens (including phenoxy) is 1. The lowest BCUT2D eigenvalue weighted by Gasteiger charge is -2.24. The fraction of sp³-hybridized carbons (Fsp3) is 0.333. The van der Waals surface area contributed by atoms with Crippen LogP contribution in [0.3, 0.4) is 0 Å². The molecule has 4 nitrogen and oxygen atoms in total. The van der Waals surface area contributed by atoms with Crippen LogP contribution in [0.5, 0.6) is 0 Å². The number of pyridine rings is 1. The maximum absolute atomic E-state index is 12.6. The first kappa shape index (κ1) is 13.7. The molecule has 7 heteroatoms. The summed E-state index contributed by atoms with van der Waals surface area (Å²) in [4.78, 5) is 16.3. The molecular formula is C12H11ClF2N2O2. The van der Waals surface area contributed by atoms with E-state index in [1.165, 1.54) is 17.2 Å². The SMILES string of the molecule is O=C1C=C(N(Cc2ccc(Cl)nc2)CC(F)F)CO1. The molecule has 0 saturated carbocycles. The van der Waals surface area contributed by atoms with Gasteiger partial charge in [0.05, 0.1) is 12.2 Å². The Bertz CT molecular complexity index is 491. The summed E-state index contributed by atoms with van der Waals surface area (Å²) in [6.07, 6.45) is 0.238. The van der Waals surface area contributed by atoms with Gasteiger partial charge in [0, 0.05) is 18.8 Å². The van der Waals surface area contributed by atoms with Crippen LogP contribution in [0.4, 0.5) is 8.78 Å². The first-order chi connectivity index (χ1) is 9.04. The van der Waals surface area contributed by atoms with Crippen LogP contribution in [0.2, 0.25) is 5.15 Å². The Balaban J connectivity index is 2.11. The topological polar surface area (TPSA) is 42.4 Å². The summed E-state index contributed by atoms with van der Waals surface area (Å²) in [5.74, 6) is -0.511. The zero-order chi connectivity index (χ0) is 13.8. The molecule has 0 N–H and O–H groups in total. The molecule has 1 aromatic heterocycles. The smallest absolute Gasteiger partial charge is 0.333 e. The quantitative estimate of drug-likeness (QED) is 0.616. The third-order valence-electron chi connectivity index (χ3n) is 2.57. The number of halogens is 3. The van der Waals surface area contributed by atoms with Gasteiger partial charge in [-0.25, -0.2) is 18.6 Å². The molecule has 0 amide bonds. The lowest BCUT2D eigenvalue weighted by atomic mass is 10.2. The van der Waals surface area contributed by atoms with Crippen molar-refractivity contribution in [2.24, 2.45) is 0 Å². The number of carbonyl (C=O) groups is 1. The first-order valence-corrected chi connectivity index (χ1v) is 5.93. The number of hydrogen-bond acceptors (Lipinski definition) is 4. The standard InChI is InChI=1S/C12H11ClF2N2O2/c13-10-2-1-8(4-16-10)5-17(6-11(14)15)9-3-12(18)19-7-9/h1-4,11H,5-7H2. The highest BCUT2D eigenvalue weighted by Gasteiger charge is 2.22. The average molecular weight is 289 g/mol. The zero-order valence-electron chi connectivity index (χ0n) is 9.85. The van der Waals surface area contributed by atoms with E-state index in [0.29, 0.717) is 10.9 Å². The minimum atomic E-state index is -2.50. The Kier molecular flexibility index (Phi) is 4.31. The van der Waals surface area contributed by atoms with Gasteiger partial charge in [0.2, 0.25) is 0 Å². The second kappa shape index (κ2) is 5.97. The van der Waals surface area contributed by atoms with Gasteiger partial charge >= 0.3 is 5.97 Å². The third-order valence-corrected chi connectivity index (χ3v) is 2.80. The number of esters is 1. The molecule has 102 valence electrons. The van der Waals surface area contributed by atoms with Crippen molar-refractivity contribution in [3.8, 4) is 0 Å². The third kappa shape index (κ3) is 3.89. The summed E-state index contributed by atoms with van der Waals surface area (Å²) in [7, 11) is 0. The van der Waals surface area contributed by atoms with E-state index in [1.807, 2.05) is 0 Å². The second-order valence-corrected chi connectivity index (χ2v) is 4.39. The van der Waals surface area contributed by atoms with Crippen LogP contribution < -0.4 is 0 Å². The summed E-state index contributed by atoms with van der Waals surface area (Å²) >= 11 is 5.66. The van der Waals surface area contributed by atoms with Crippen LogP contribution in [0, 0.1) is 0 Å². The highest BCUT2D eigenvalue weighted by molar-refractivity contribution is 6.29.